The molecule has 0 bridgehead atoms. The number of esters is 1. The van der Waals surface area contributed by atoms with Crippen LogP contribution in [-0.2, 0) is 35.6 Å². The Balaban J connectivity index is 1.52. The highest BCUT2D eigenvalue weighted by molar-refractivity contribution is 7.93. The molecule has 10 heteroatoms. The molecule has 0 aromatic heterocycles. The predicted octanol–water partition coefficient (Wildman–Crippen LogP) is 5.59. The molecule has 0 saturated heterocycles. The van der Waals surface area contributed by atoms with Crippen LogP contribution in [0.15, 0.2) is 101 Å². The molecular weight excluding hydrogens is 571 g/mol. The van der Waals surface area contributed by atoms with Gasteiger partial charge in [0.25, 0.3) is 0 Å². The number of carbonyl (C=O) groups is 2. The minimum atomic E-state index is -4.30. The highest BCUT2D eigenvalue weighted by Crippen LogP contribution is 2.55. The normalized spacial score (nSPS) is 19.7. The molecule has 3 aromatic carbocycles. The number of rotatable bonds is 11. The molecule has 0 spiro atoms. The third kappa shape index (κ3) is 5.89. The van der Waals surface area contributed by atoms with E-state index in [0.717, 1.165) is 11.1 Å². The van der Waals surface area contributed by atoms with Crippen molar-refractivity contribution in [3.05, 3.63) is 102 Å². The smallest absolute Gasteiger partial charge is 0.305 e. The Kier molecular flexibility index (Phi) is 8.89. The number of hydroxylamine groups is 1. The minimum Gasteiger partial charge on any atom is -0.469 e. The molecule has 1 heterocycles. The van der Waals surface area contributed by atoms with Gasteiger partial charge in [-0.25, -0.2) is 18.3 Å². The molecule has 1 aliphatic heterocycles. The lowest BCUT2D eigenvalue weighted by atomic mass is 9.68. The first-order valence-corrected chi connectivity index (χ1v) is 15.6. The van der Waals surface area contributed by atoms with E-state index in [0.29, 0.717) is 31.2 Å². The summed E-state index contributed by atoms with van der Waals surface area (Å²) in [7, 11) is -3.08. The van der Waals surface area contributed by atoms with Crippen LogP contribution >= 0.6 is 0 Å². The molecule has 1 fully saturated rings. The van der Waals surface area contributed by atoms with Crippen molar-refractivity contribution in [1.82, 2.24) is 5.48 Å². The van der Waals surface area contributed by atoms with Crippen LogP contribution in [0, 0.1) is 17.2 Å². The second-order valence-corrected chi connectivity index (χ2v) is 13.0. The predicted molar refractivity (Wildman–Crippen MR) is 160 cm³/mol. The average Bonchev–Trinajstić information content (AvgIpc) is 3.73. The summed E-state index contributed by atoms with van der Waals surface area (Å²) in [5, 5.41) is 0. The van der Waals surface area contributed by atoms with Crippen LogP contribution in [0.25, 0.3) is 11.1 Å². The number of nitrogens with one attached hydrogen (secondary N) is 1. The number of allylic oxidation sites excluding steroid dienone is 1. The van der Waals surface area contributed by atoms with Gasteiger partial charge in [-0.05, 0) is 65.9 Å². The molecule has 2 aliphatic rings. The van der Waals surface area contributed by atoms with Crippen LogP contribution in [0.2, 0.25) is 0 Å². The first kappa shape index (κ1) is 30.3. The van der Waals surface area contributed by atoms with Gasteiger partial charge in [0.2, 0.25) is 15.7 Å². The Bertz CT molecular complexity index is 1600. The fraction of sp³-hybridized carbons (Fsp3) is 0.303. The van der Waals surface area contributed by atoms with Gasteiger partial charge in [-0.15, -0.1) is 0 Å². The molecule has 2 unspecified atom stereocenters. The number of aliphatic imine (C=N–C) groups is 1. The van der Waals surface area contributed by atoms with Crippen molar-refractivity contribution in [2.75, 3.05) is 7.11 Å². The second kappa shape index (κ2) is 12.6. The van der Waals surface area contributed by atoms with E-state index in [2.05, 4.69) is 10.5 Å². The van der Waals surface area contributed by atoms with Gasteiger partial charge in [0.05, 0.1) is 30.4 Å². The molecule has 5 rings (SSSR count). The number of hydrogen-bond acceptors (Lipinski definition) is 7. The molecular formula is C33H33FN2O6S. The van der Waals surface area contributed by atoms with Gasteiger partial charge in [0.1, 0.15) is 5.82 Å². The molecule has 1 amide bonds. The Morgan fingerprint density at radius 2 is 1.58 bits per heavy atom. The van der Waals surface area contributed by atoms with Gasteiger partial charge in [-0.1, -0.05) is 67.4 Å². The third-order valence-electron chi connectivity index (χ3n) is 8.43. The highest BCUT2D eigenvalue weighted by Gasteiger charge is 2.62. The maximum absolute atomic E-state index is 14.6. The molecule has 1 aliphatic carbocycles. The van der Waals surface area contributed by atoms with Gasteiger partial charge < -0.3 is 4.74 Å². The highest BCUT2D eigenvalue weighted by atomic mass is 32.2. The fourth-order valence-electron chi connectivity index (χ4n) is 6.18. The van der Waals surface area contributed by atoms with Gasteiger partial charge >= 0.3 is 5.97 Å². The summed E-state index contributed by atoms with van der Waals surface area (Å²) < 4.78 is 47.5. The van der Waals surface area contributed by atoms with E-state index in [-0.39, 0.29) is 23.7 Å². The van der Waals surface area contributed by atoms with Crippen LogP contribution in [0.3, 0.4) is 0 Å². The summed E-state index contributed by atoms with van der Waals surface area (Å²) in [5.41, 5.74) is 3.55. The number of carbonyl (C=O) groups excluding carboxylic acids is 2. The number of amides is 1. The van der Waals surface area contributed by atoms with Crippen LogP contribution in [0.4, 0.5) is 4.39 Å². The monoisotopic (exact) mass is 604 g/mol. The van der Waals surface area contributed by atoms with Crippen LogP contribution in [0.1, 0.15) is 37.7 Å². The Hall–Kier alpha value is -4.15. The second-order valence-electron chi connectivity index (χ2n) is 10.8. The van der Waals surface area contributed by atoms with E-state index < -0.39 is 37.9 Å². The van der Waals surface area contributed by atoms with E-state index >= 15 is 0 Å². The third-order valence-corrected chi connectivity index (χ3v) is 10.7. The van der Waals surface area contributed by atoms with Crippen molar-refractivity contribution < 1.29 is 32.0 Å². The molecule has 2 atom stereocenters. The largest absolute Gasteiger partial charge is 0.469 e. The molecule has 43 heavy (non-hydrogen) atoms. The van der Waals surface area contributed by atoms with Gasteiger partial charge in [0.15, 0.2) is 4.87 Å². The molecule has 1 saturated carbocycles. The zero-order valence-electron chi connectivity index (χ0n) is 23.7. The number of benzene rings is 3. The molecule has 3 aromatic rings. The maximum Gasteiger partial charge on any atom is 0.305 e. The summed E-state index contributed by atoms with van der Waals surface area (Å²) in [6, 6.07) is 21.4. The number of methoxy groups -OCH3 is 1. The summed E-state index contributed by atoms with van der Waals surface area (Å²) in [5.74, 6) is -2.60. The number of hydrogen-bond donors (Lipinski definition) is 1. The number of sulfone groups is 1. The van der Waals surface area contributed by atoms with E-state index in [1.165, 1.54) is 49.7 Å². The first-order valence-electron chi connectivity index (χ1n) is 14.1. The van der Waals surface area contributed by atoms with Crippen molar-refractivity contribution in [3.63, 3.8) is 0 Å². The van der Waals surface area contributed by atoms with Crippen LogP contribution in [-0.4, -0.2) is 38.5 Å². The fourth-order valence-corrected chi connectivity index (χ4v) is 8.19. The van der Waals surface area contributed by atoms with Crippen LogP contribution in [0.5, 0.6) is 0 Å². The lowest BCUT2D eigenvalue weighted by molar-refractivity contribution is -0.152. The van der Waals surface area contributed by atoms with Gasteiger partial charge in [-0.3, -0.25) is 19.4 Å². The number of nitrogens with zero attached hydrogens (tertiary/aromatic N) is 1. The van der Waals surface area contributed by atoms with Crippen molar-refractivity contribution in [1.29, 1.82) is 0 Å². The van der Waals surface area contributed by atoms with Crippen LogP contribution < -0.4 is 5.48 Å². The average molecular weight is 605 g/mol. The van der Waals surface area contributed by atoms with Crippen molar-refractivity contribution in [3.8, 4) is 11.1 Å². The summed E-state index contributed by atoms with van der Waals surface area (Å²) in [4.78, 5) is 34.9. The van der Waals surface area contributed by atoms with E-state index in [4.69, 9.17) is 9.57 Å². The number of ether oxygens (including phenoxy) is 1. The van der Waals surface area contributed by atoms with E-state index in [9.17, 15) is 22.4 Å². The summed E-state index contributed by atoms with van der Waals surface area (Å²) >= 11 is 0. The number of halogens is 1. The lowest BCUT2D eigenvalue weighted by Crippen LogP contribution is -2.55. The SMILES string of the molecule is COC(=O)CC(C1(C(=O)NOCc2ccccc2)CCCC1)C1(S(=O)(=O)c2ccc(-c3ccc(F)cc3)cc2)C=CC=N1. The minimum absolute atomic E-state index is 0.0224. The Morgan fingerprint density at radius 3 is 2.16 bits per heavy atom. The topological polar surface area (TPSA) is 111 Å². The summed E-state index contributed by atoms with van der Waals surface area (Å²) in [6.07, 6.45) is 6.06. The van der Waals surface area contributed by atoms with Gasteiger partial charge in [0, 0.05) is 12.1 Å². The molecule has 8 nitrogen and oxygen atoms in total. The van der Waals surface area contributed by atoms with E-state index in [1.54, 1.807) is 24.3 Å². The zero-order chi connectivity index (χ0) is 30.5. The van der Waals surface area contributed by atoms with Crippen molar-refractivity contribution in [2.45, 2.75) is 48.5 Å². The Labute approximate surface area is 250 Å². The van der Waals surface area contributed by atoms with Crippen molar-refractivity contribution in [2.24, 2.45) is 16.3 Å². The van der Waals surface area contributed by atoms with Gasteiger partial charge in [-0.2, -0.15) is 0 Å². The zero-order valence-corrected chi connectivity index (χ0v) is 24.6. The molecule has 224 valence electrons. The lowest BCUT2D eigenvalue weighted by Gasteiger charge is -2.43. The first-order chi connectivity index (χ1) is 20.7. The maximum atomic E-state index is 14.6. The molecule has 1 N–H and O–H groups in total. The van der Waals surface area contributed by atoms with E-state index in [1.807, 2.05) is 30.3 Å². The quantitative estimate of drug-likeness (QED) is 0.226. The van der Waals surface area contributed by atoms with Crippen molar-refractivity contribution >= 4 is 27.9 Å². The molecule has 0 radical (unpaired) electrons. The Morgan fingerprint density at radius 1 is 0.953 bits per heavy atom. The summed E-state index contributed by atoms with van der Waals surface area (Å²) in [6.45, 7) is 0.117. The standard InChI is InChI=1S/C33H33FN2O6S/c1-41-30(37)22-29(32(18-5-6-19-32)31(38)36-42-23-24-8-3-2-4-9-24)33(20-7-21-35-33)43(39,40)28-16-12-26(13-17-28)25-10-14-27(34)15-11-25/h2-4,7-17,20-21,29H,5-6,18-19,22-23H2,1H3,(H,36,38).